The van der Waals surface area contributed by atoms with Crippen LogP contribution in [0.25, 0.3) is 0 Å². The van der Waals surface area contributed by atoms with Gasteiger partial charge in [-0.3, -0.25) is 10.2 Å². The highest BCUT2D eigenvalue weighted by molar-refractivity contribution is 5.80. The van der Waals surface area contributed by atoms with Gasteiger partial charge in [-0.05, 0) is 50.6 Å². The van der Waals surface area contributed by atoms with Crippen molar-refractivity contribution in [2.24, 2.45) is 17.7 Å². The summed E-state index contributed by atoms with van der Waals surface area (Å²) in [4.78, 5) is 13.9. The van der Waals surface area contributed by atoms with Crippen LogP contribution < -0.4 is 11.3 Å². The molecule has 19 heavy (non-hydrogen) atoms. The lowest BCUT2D eigenvalue weighted by Crippen LogP contribution is -2.42. The highest BCUT2D eigenvalue weighted by Crippen LogP contribution is 2.26. The van der Waals surface area contributed by atoms with Gasteiger partial charge in [-0.1, -0.05) is 13.8 Å². The molecule has 0 aromatic rings. The predicted octanol–water partition coefficient (Wildman–Crippen LogP) is 0.892. The molecular weight excluding hydrogens is 242 g/mol. The van der Waals surface area contributed by atoms with Crippen LogP contribution in [-0.4, -0.2) is 42.6 Å². The number of ether oxygens (including phenoxy) is 1. The highest BCUT2D eigenvalue weighted by atomic mass is 16.5. The third-order valence-corrected chi connectivity index (χ3v) is 4.58. The zero-order valence-electron chi connectivity index (χ0n) is 12.1. The Morgan fingerprint density at radius 2 is 2.00 bits per heavy atom. The van der Waals surface area contributed by atoms with E-state index in [0.29, 0.717) is 0 Å². The molecule has 5 nitrogen and oxygen atoms in total. The summed E-state index contributed by atoms with van der Waals surface area (Å²) in [5.74, 6) is 6.61. The van der Waals surface area contributed by atoms with Gasteiger partial charge in [-0.25, -0.2) is 5.84 Å². The average molecular weight is 269 g/mol. The molecule has 2 fully saturated rings. The quantitative estimate of drug-likeness (QED) is 0.452. The molecule has 0 aromatic heterocycles. The van der Waals surface area contributed by atoms with Gasteiger partial charge in [0.2, 0.25) is 0 Å². The van der Waals surface area contributed by atoms with Crippen LogP contribution in [0.5, 0.6) is 0 Å². The number of nitrogens with zero attached hydrogens (tertiary/aromatic N) is 1. The van der Waals surface area contributed by atoms with Crippen molar-refractivity contribution in [1.82, 2.24) is 10.3 Å². The number of nitrogens with one attached hydrogen (secondary N) is 1. The molecule has 0 bridgehead atoms. The van der Waals surface area contributed by atoms with Crippen LogP contribution in [0.3, 0.4) is 0 Å². The van der Waals surface area contributed by atoms with Gasteiger partial charge in [-0.2, -0.15) is 0 Å². The van der Waals surface area contributed by atoms with E-state index in [1.165, 1.54) is 12.8 Å². The van der Waals surface area contributed by atoms with Gasteiger partial charge in [0.1, 0.15) is 6.10 Å². The Bertz CT molecular complexity index is 301. The van der Waals surface area contributed by atoms with E-state index < -0.39 is 0 Å². The number of carbonyl (C=O) groups excluding carboxylic acids is 1. The fourth-order valence-electron chi connectivity index (χ4n) is 3.22. The Labute approximate surface area is 115 Å². The third-order valence-electron chi connectivity index (χ3n) is 4.58. The van der Waals surface area contributed by atoms with Gasteiger partial charge in [0.25, 0.3) is 5.91 Å². The molecule has 2 aliphatic heterocycles. The Kier molecular flexibility index (Phi) is 5.19. The zero-order chi connectivity index (χ0) is 13.8. The summed E-state index contributed by atoms with van der Waals surface area (Å²) in [5.41, 5.74) is 2.17. The number of hydrogen-bond acceptors (Lipinski definition) is 4. The van der Waals surface area contributed by atoms with Crippen LogP contribution in [0.15, 0.2) is 0 Å². The summed E-state index contributed by atoms with van der Waals surface area (Å²) in [6, 6.07) is 0. The summed E-state index contributed by atoms with van der Waals surface area (Å²) in [7, 11) is 0. The zero-order valence-corrected chi connectivity index (χ0v) is 12.1. The van der Waals surface area contributed by atoms with E-state index in [1.807, 2.05) is 0 Å². The minimum absolute atomic E-state index is 0.192. The molecule has 2 unspecified atom stereocenters. The van der Waals surface area contributed by atoms with Crippen LogP contribution in [0.2, 0.25) is 0 Å². The van der Waals surface area contributed by atoms with Gasteiger partial charge in [0.15, 0.2) is 0 Å². The second-order valence-corrected chi connectivity index (χ2v) is 6.21. The maximum atomic E-state index is 11.4. The molecular formula is C14H27N3O2. The van der Waals surface area contributed by atoms with Crippen molar-refractivity contribution in [1.29, 1.82) is 0 Å². The molecule has 0 spiro atoms. The summed E-state index contributed by atoms with van der Waals surface area (Å²) >= 11 is 0. The molecule has 0 saturated carbocycles. The molecule has 0 aromatic carbocycles. The van der Waals surface area contributed by atoms with Crippen LogP contribution in [-0.2, 0) is 9.53 Å². The Hall–Kier alpha value is -0.650. The number of piperidine rings is 1. The smallest absolute Gasteiger partial charge is 0.263 e. The lowest BCUT2D eigenvalue weighted by Gasteiger charge is -2.35. The fourth-order valence-corrected chi connectivity index (χ4v) is 3.22. The van der Waals surface area contributed by atoms with E-state index in [1.54, 1.807) is 0 Å². The van der Waals surface area contributed by atoms with Crippen molar-refractivity contribution in [3.05, 3.63) is 0 Å². The topological polar surface area (TPSA) is 67.6 Å². The summed E-state index contributed by atoms with van der Waals surface area (Å²) in [5, 5.41) is 0. The molecule has 5 heteroatoms. The van der Waals surface area contributed by atoms with Crippen molar-refractivity contribution in [2.75, 3.05) is 19.6 Å². The maximum absolute atomic E-state index is 11.4. The van der Waals surface area contributed by atoms with E-state index in [2.05, 4.69) is 24.2 Å². The highest BCUT2D eigenvalue weighted by Gasteiger charge is 2.32. The number of nitrogens with two attached hydrogens (primary N) is 1. The van der Waals surface area contributed by atoms with E-state index in [9.17, 15) is 4.79 Å². The average Bonchev–Trinajstić information content (AvgIpc) is 2.87. The molecule has 1 amide bonds. The fraction of sp³-hybridized carbons (Fsp3) is 0.929. The van der Waals surface area contributed by atoms with Gasteiger partial charge >= 0.3 is 0 Å². The number of likely N-dealkylation sites (tertiary alicyclic amines) is 1. The van der Waals surface area contributed by atoms with E-state index in [4.69, 9.17) is 10.6 Å². The standard InChI is InChI=1S/C14H27N3O2/c1-10(2)11-5-7-17(8-6-11)9-12-3-4-13(19-12)14(18)16-15/h10-13H,3-9,15H2,1-2H3,(H,16,18). The predicted molar refractivity (Wildman–Crippen MR) is 74.2 cm³/mol. The van der Waals surface area contributed by atoms with Crippen molar-refractivity contribution in [3.63, 3.8) is 0 Å². The SMILES string of the molecule is CC(C)C1CCN(CC2CCC(C(=O)NN)O2)CC1. The molecule has 3 N–H and O–H groups in total. The minimum atomic E-state index is -0.344. The lowest BCUT2D eigenvalue weighted by atomic mass is 9.86. The van der Waals surface area contributed by atoms with Gasteiger partial charge in [0.05, 0.1) is 6.10 Å². The minimum Gasteiger partial charge on any atom is -0.364 e. The van der Waals surface area contributed by atoms with Gasteiger partial charge in [-0.15, -0.1) is 0 Å². The van der Waals surface area contributed by atoms with Crippen LogP contribution in [0, 0.1) is 11.8 Å². The third kappa shape index (κ3) is 3.91. The van der Waals surface area contributed by atoms with E-state index in [-0.39, 0.29) is 18.1 Å². The normalized spacial score (nSPS) is 29.9. The number of hydrazine groups is 1. The molecule has 2 heterocycles. The van der Waals surface area contributed by atoms with Gasteiger partial charge in [0, 0.05) is 6.54 Å². The van der Waals surface area contributed by atoms with Crippen LogP contribution >= 0.6 is 0 Å². The molecule has 2 saturated heterocycles. The van der Waals surface area contributed by atoms with Crippen molar-refractivity contribution in [2.45, 2.75) is 51.7 Å². The van der Waals surface area contributed by atoms with E-state index >= 15 is 0 Å². The van der Waals surface area contributed by atoms with E-state index in [0.717, 1.165) is 44.3 Å². The molecule has 0 radical (unpaired) electrons. The molecule has 0 aliphatic carbocycles. The first-order valence-electron chi connectivity index (χ1n) is 7.48. The summed E-state index contributed by atoms with van der Waals surface area (Å²) in [6.45, 7) is 7.92. The second kappa shape index (κ2) is 6.68. The molecule has 2 aliphatic rings. The number of amides is 1. The maximum Gasteiger partial charge on any atom is 0.263 e. The Balaban J connectivity index is 1.71. The molecule has 110 valence electrons. The van der Waals surface area contributed by atoms with Gasteiger partial charge < -0.3 is 9.64 Å². The number of rotatable bonds is 4. The monoisotopic (exact) mass is 269 g/mol. The van der Waals surface area contributed by atoms with Crippen molar-refractivity contribution < 1.29 is 9.53 Å². The Morgan fingerprint density at radius 3 is 2.58 bits per heavy atom. The first-order valence-corrected chi connectivity index (χ1v) is 7.48. The molecule has 2 atom stereocenters. The largest absolute Gasteiger partial charge is 0.364 e. The lowest BCUT2D eigenvalue weighted by molar-refractivity contribution is -0.132. The number of hydrogen-bond donors (Lipinski definition) is 2. The number of carbonyl (C=O) groups is 1. The Morgan fingerprint density at radius 1 is 1.32 bits per heavy atom. The van der Waals surface area contributed by atoms with Crippen LogP contribution in [0.4, 0.5) is 0 Å². The second-order valence-electron chi connectivity index (χ2n) is 6.21. The van der Waals surface area contributed by atoms with Crippen LogP contribution in [0.1, 0.15) is 39.5 Å². The van der Waals surface area contributed by atoms with Crippen molar-refractivity contribution in [3.8, 4) is 0 Å². The summed E-state index contributed by atoms with van der Waals surface area (Å²) < 4.78 is 5.76. The first-order chi connectivity index (χ1) is 9.10. The van der Waals surface area contributed by atoms with Crippen molar-refractivity contribution >= 4 is 5.91 Å². The first kappa shape index (κ1) is 14.8. The molecule has 2 rings (SSSR count). The summed E-state index contributed by atoms with van der Waals surface area (Å²) in [6.07, 6.45) is 4.17.